The monoisotopic (exact) mass is 333 g/mol. The quantitative estimate of drug-likeness (QED) is 0.785. The third-order valence-corrected chi connectivity index (χ3v) is 3.82. The predicted octanol–water partition coefficient (Wildman–Crippen LogP) is 2.83. The number of aromatic carboxylic acids is 1. The lowest BCUT2D eigenvalue weighted by molar-refractivity contribution is 0.0696. The molecule has 1 aromatic carbocycles. The van der Waals surface area contributed by atoms with Gasteiger partial charge >= 0.3 is 5.97 Å². The predicted molar refractivity (Wildman–Crippen MR) is 74.3 cm³/mol. The number of carbonyl (C=O) groups excluding carboxylic acids is 2. The second-order valence-electron chi connectivity index (χ2n) is 4.53. The van der Waals surface area contributed by atoms with E-state index in [4.69, 9.17) is 0 Å². The maximum atomic E-state index is 12.1. The zero-order valence-electron chi connectivity index (χ0n) is 10.3. The number of aromatic amines is 1. The van der Waals surface area contributed by atoms with Crippen molar-refractivity contribution in [3.63, 3.8) is 0 Å². The third-order valence-electron chi connectivity index (χ3n) is 3.33. The minimum absolute atomic E-state index is 0.0280. The topological polar surface area (TPSA) is 87.2 Å². The number of benzene rings is 1. The number of carboxylic acid groups (broad SMARTS) is 1. The van der Waals surface area contributed by atoms with Gasteiger partial charge in [-0.25, -0.2) is 4.79 Å². The Morgan fingerprint density at radius 3 is 2.55 bits per heavy atom. The first-order valence-corrected chi connectivity index (χ1v) is 6.56. The summed E-state index contributed by atoms with van der Waals surface area (Å²) in [6.45, 7) is 1.57. The van der Waals surface area contributed by atoms with Crippen LogP contribution in [0.3, 0.4) is 0 Å². The number of H-pyrrole nitrogens is 1. The van der Waals surface area contributed by atoms with Crippen molar-refractivity contribution in [2.24, 2.45) is 0 Å². The molecule has 0 fully saturated rings. The van der Waals surface area contributed by atoms with Crippen molar-refractivity contribution in [2.45, 2.75) is 6.92 Å². The Bertz CT molecular complexity index is 804. The number of aromatic nitrogens is 1. The van der Waals surface area contributed by atoms with E-state index >= 15 is 0 Å². The van der Waals surface area contributed by atoms with Gasteiger partial charge in [0, 0.05) is 21.3 Å². The molecule has 100 valence electrons. The Kier molecular flexibility index (Phi) is 2.65. The maximum Gasteiger partial charge on any atom is 0.338 e. The van der Waals surface area contributed by atoms with Gasteiger partial charge in [-0.1, -0.05) is 15.9 Å². The third kappa shape index (κ3) is 1.58. The molecule has 3 rings (SSSR count). The Hall–Kier alpha value is -2.21. The highest BCUT2D eigenvalue weighted by Crippen LogP contribution is 2.38. The van der Waals surface area contributed by atoms with Gasteiger partial charge in [-0.05, 0) is 30.7 Å². The fourth-order valence-electron chi connectivity index (χ4n) is 2.49. The lowest BCUT2D eigenvalue weighted by atomic mass is 9.86. The van der Waals surface area contributed by atoms with E-state index in [9.17, 15) is 19.5 Å². The summed E-state index contributed by atoms with van der Waals surface area (Å²) in [7, 11) is 0. The van der Waals surface area contributed by atoms with Crippen molar-refractivity contribution in [1.29, 1.82) is 0 Å². The van der Waals surface area contributed by atoms with Gasteiger partial charge in [-0.2, -0.15) is 0 Å². The summed E-state index contributed by atoms with van der Waals surface area (Å²) in [5.74, 6) is -2.46. The van der Waals surface area contributed by atoms with Crippen LogP contribution >= 0.6 is 15.9 Å². The van der Waals surface area contributed by atoms with Gasteiger partial charge < -0.3 is 10.1 Å². The molecule has 1 aliphatic rings. The smallest absolute Gasteiger partial charge is 0.338 e. The van der Waals surface area contributed by atoms with Crippen LogP contribution in [0, 0.1) is 6.92 Å². The number of Topliss-reactive ketones (excluding diaryl/α,β-unsaturated/α-hetero) is 2. The van der Waals surface area contributed by atoms with E-state index in [1.807, 2.05) is 0 Å². The molecule has 5 nitrogen and oxygen atoms in total. The van der Waals surface area contributed by atoms with Gasteiger partial charge in [0.15, 0.2) is 0 Å². The van der Waals surface area contributed by atoms with Gasteiger partial charge in [0.05, 0.1) is 11.3 Å². The van der Waals surface area contributed by atoms with Gasteiger partial charge in [0.25, 0.3) is 0 Å². The first kappa shape index (κ1) is 12.8. The second kappa shape index (κ2) is 4.14. The number of ketones is 2. The fraction of sp³-hybridized carbons (Fsp3) is 0.0714. The van der Waals surface area contributed by atoms with Crippen molar-refractivity contribution < 1.29 is 19.5 Å². The molecule has 0 radical (unpaired) electrons. The Balaban J connectivity index is 2.46. The van der Waals surface area contributed by atoms with E-state index in [-0.39, 0.29) is 22.4 Å². The molecular weight excluding hydrogens is 326 g/mol. The SMILES string of the molecule is Cc1[nH]c2c(c1C(=O)O)-c1cc(Br)ccc1C(=O)C2=O. The minimum atomic E-state index is -1.13. The van der Waals surface area contributed by atoms with Crippen LogP contribution in [0.15, 0.2) is 22.7 Å². The zero-order valence-corrected chi connectivity index (χ0v) is 11.9. The Morgan fingerprint density at radius 1 is 1.20 bits per heavy atom. The maximum absolute atomic E-state index is 12.1. The van der Waals surface area contributed by atoms with Crippen LogP contribution in [0.5, 0.6) is 0 Å². The number of nitrogens with one attached hydrogen (secondary N) is 1. The molecule has 0 spiro atoms. The number of carboxylic acids is 1. The summed E-state index contributed by atoms with van der Waals surface area (Å²) in [4.78, 5) is 38.2. The van der Waals surface area contributed by atoms with Gasteiger partial charge in [-0.15, -0.1) is 0 Å². The van der Waals surface area contributed by atoms with Gasteiger partial charge in [0.1, 0.15) is 0 Å². The van der Waals surface area contributed by atoms with E-state index in [1.54, 1.807) is 19.1 Å². The van der Waals surface area contributed by atoms with Crippen LogP contribution in [0.1, 0.15) is 36.9 Å². The number of carbonyl (C=O) groups is 3. The molecule has 1 aromatic heterocycles. The van der Waals surface area contributed by atoms with Crippen LogP contribution in [0.4, 0.5) is 0 Å². The average Bonchev–Trinajstić information content (AvgIpc) is 2.73. The van der Waals surface area contributed by atoms with Crippen molar-refractivity contribution in [1.82, 2.24) is 4.98 Å². The molecule has 0 atom stereocenters. The summed E-state index contributed by atoms with van der Waals surface area (Å²) < 4.78 is 0.708. The van der Waals surface area contributed by atoms with Crippen LogP contribution < -0.4 is 0 Å². The van der Waals surface area contributed by atoms with E-state index in [1.165, 1.54) is 6.07 Å². The molecular formula is C14H8BrNO4. The lowest BCUT2D eigenvalue weighted by Gasteiger charge is -2.15. The first-order chi connectivity index (χ1) is 9.41. The largest absolute Gasteiger partial charge is 0.478 e. The summed E-state index contributed by atoms with van der Waals surface area (Å²) in [5, 5.41) is 9.33. The Morgan fingerprint density at radius 2 is 1.90 bits per heavy atom. The Labute approximate surface area is 121 Å². The molecule has 2 aromatic rings. The number of hydrogen-bond donors (Lipinski definition) is 2. The molecule has 0 saturated carbocycles. The van der Waals surface area contributed by atoms with E-state index in [2.05, 4.69) is 20.9 Å². The lowest BCUT2D eigenvalue weighted by Crippen LogP contribution is -2.21. The molecule has 1 heterocycles. The minimum Gasteiger partial charge on any atom is -0.478 e. The summed E-state index contributed by atoms with van der Waals surface area (Å²) in [6.07, 6.45) is 0. The van der Waals surface area contributed by atoms with Crippen molar-refractivity contribution >= 4 is 33.5 Å². The molecule has 0 aliphatic heterocycles. The molecule has 20 heavy (non-hydrogen) atoms. The highest BCUT2D eigenvalue weighted by atomic mass is 79.9. The summed E-state index contributed by atoms with van der Waals surface area (Å²) in [5.41, 5.74) is 1.41. The molecule has 6 heteroatoms. The highest BCUT2D eigenvalue weighted by Gasteiger charge is 2.36. The van der Waals surface area contributed by atoms with E-state index in [0.717, 1.165) is 0 Å². The molecule has 1 aliphatic carbocycles. The van der Waals surface area contributed by atoms with Crippen LogP contribution in [0.2, 0.25) is 0 Å². The van der Waals surface area contributed by atoms with Crippen molar-refractivity contribution in [3.05, 3.63) is 45.2 Å². The van der Waals surface area contributed by atoms with Crippen LogP contribution in [0.25, 0.3) is 11.1 Å². The first-order valence-electron chi connectivity index (χ1n) is 5.76. The highest BCUT2D eigenvalue weighted by molar-refractivity contribution is 9.10. The average molecular weight is 334 g/mol. The molecule has 0 unspecified atom stereocenters. The van der Waals surface area contributed by atoms with Crippen molar-refractivity contribution in [2.75, 3.05) is 0 Å². The number of rotatable bonds is 1. The number of aryl methyl sites for hydroxylation is 1. The van der Waals surface area contributed by atoms with Gasteiger partial charge in [0.2, 0.25) is 11.6 Å². The standard InChI is InChI=1S/C14H8BrNO4/c1-5-9(14(19)20)10-8-4-6(15)2-3-7(8)12(17)13(18)11(10)16-5/h2-4,16H,1H3,(H,19,20). The normalized spacial score (nSPS) is 13.1. The van der Waals surface area contributed by atoms with Crippen LogP contribution in [-0.4, -0.2) is 27.6 Å². The summed E-state index contributed by atoms with van der Waals surface area (Å²) in [6, 6.07) is 4.82. The number of fused-ring (bicyclic) bond motifs is 3. The fourth-order valence-corrected chi connectivity index (χ4v) is 2.85. The van der Waals surface area contributed by atoms with E-state index in [0.29, 0.717) is 15.7 Å². The van der Waals surface area contributed by atoms with E-state index < -0.39 is 17.5 Å². The van der Waals surface area contributed by atoms with Crippen molar-refractivity contribution in [3.8, 4) is 11.1 Å². The molecule has 0 saturated heterocycles. The second-order valence-corrected chi connectivity index (χ2v) is 5.44. The number of hydrogen-bond acceptors (Lipinski definition) is 3. The molecule has 0 amide bonds. The van der Waals surface area contributed by atoms with Crippen LogP contribution in [-0.2, 0) is 0 Å². The zero-order chi connectivity index (χ0) is 14.6. The molecule has 0 bridgehead atoms. The van der Waals surface area contributed by atoms with Gasteiger partial charge in [-0.3, -0.25) is 9.59 Å². The number of halogens is 1. The summed E-state index contributed by atoms with van der Waals surface area (Å²) >= 11 is 3.29. The molecule has 2 N–H and O–H groups in total.